The Hall–Kier alpha value is -1.35. The lowest BCUT2D eigenvalue weighted by atomic mass is 10.0. The Morgan fingerprint density at radius 2 is 1.81 bits per heavy atom. The highest BCUT2D eigenvalue weighted by Crippen LogP contribution is 2.49. The third-order valence-corrected chi connectivity index (χ3v) is 5.38. The van der Waals surface area contributed by atoms with Crippen molar-refractivity contribution in [3.05, 3.63) is 35.4 Å². The molecule has 1 heterocycles. The van der Waals surface area contributed by atoms with Crippen LogP contribution in [0.4, 0.5) is 0 Å². The highest BCUT2D eigenvalue weighted by Gasteiger charge is 2.46. The second-order valence-electron chi connectivity index (χ2n) is 6.90. The number of hydrogen-bond acceptors (Lipinski definition) is 2. The normalized spacial score (nSPS) is 29.5. The minimum Gasteiger partial charge on any atom is -0.340 e. The summed E-state index contributed by atoms with van der Waals surface area (Å²) in [5.41, 5.74) is 2.71. The van der Waals surface area contributed by atoms with Gasteiger partial charge in [0.05, 0.1) is 0 Å². The first-order valence-electron chi connectivity index (χ1n) is 8.32. The molecule has 0 N–H and O–H groups in total. The maximum atomic E-state index is 12.7. The number of aryl methyl sites for hydroxylation is 1. The van der Waals surface area contributed by atoms with E-state index in [4.69, 9.17) is 0 Å². The molecule has 1 aromatic rings. The molecule has 2 unspecified atom stereocenters. The second kappa shape index (κ2) is 5.13. The van der Waals surface area contributed by atoms with Crippen molar-refractivity contribution in [1.82, 2.24) is 9.80 Å². The fourth-order valence-corrected chi connectivity index (χ4v) is 3.80. The maximum absolute atomic E-state index is 12.7. The minimum atomic E-state index is 0.249. The van der Waals surface area contributed by atoms with Gasteiger partial charge in [0, 0.05) is 38.1 Å². The summed E-state index contributed by atoms with van der Waals surface area (Å²) in [4.78, 5) is 17.3. The monoisotopic (exact) mass is 284 g/mol. The van der Waals surface area contributed by atoms with E-state index < -0.39 is 0 Å². The number of carbonyl (C=O) groups excluding carboxylic acids is 1. The van der Waals surface area contributed by atoms with Crippen LogP contribution in [0.2, 0.25) is 0 Å². The van der Waals surface area contributed by atoms with E-state index in [1.165, 1.54) is 24.0 Å². The van der Waals surface area contributed by atoms with Crippen molar-refractivity contribution in [1.29, 1.82) is 0 Å². The molecule has 2 aliphatic carbocycles. The van der Waals surface area contributed by atoms with Gasteiger partial charge >= 0.3 is 0 Å². The summed E-state index contributed by atoms with van der Waals surface area (Å²) in [5, 5.41) is 0. The van der Waals surface area contributed by atoms with Gasteiger partial charge in [-0.25, -0.2) is 0 Å². The van der Waals surface area contributed by atoms with Gasteiger partial charge in [-0.1, -0.05) is 24.3 Å². The van der Waals surface area contributed by atoms with Gasteiger partial charge in [0.25, 0.3) is 0 Å². The molecule has 0 bridgehead atoms. The molecular formula is C18H24N2O. The lowest BCUT2D eigenvalue weighted by Crippen LogP contribution is -2.49. The molecule has 0 aromatic heterocycles. The smallest absolute Gasteiger partial charge is 0.226 e. The minimum absolute atomic E-state index is 0.249. The molecule has 1 amide bonds. The highest BCUT2D eigenvalue weighted by atomic mass is 16.2. The molecule has 0 spiro atoms. The summed E-state index contributed by atoms with van der Waals surface area (Å²) in [6, 6.07) is 9.36. The molecule has 2 saturated carbocycles. The fraction of sp³-hybridized carbons (Fsp3) is 0.611. The Morgan fingerprint density at radius 1 is 1.10 bits per heavy atom. The van der Waals surface area contributed by atoms with Crippen LogP contribution in [0.1, 0.15) is 36.3 Å². The number of amides is 1. The van der Waals surface area contributed by atoms with Crippen molar-refractivity contribution in [2.75, 3.05) is 26.2 Å². The molecular weight excluding hydrogens is 260 g/mol. The van der Waals surface area contributed by atoms with E-state index in [1.54, 1.807) is 0 Å². The topological polar surface area (TPSA) is 23.6 Å². The van der Waals surface area contributed by atoms with Crippen LogP contribution in [0.25, 0.3) is 0 Å². The van der Waals surface area contributed by atoms with Crippen molar-refractivity contribution in [3.63, 3.8) is 0 Å². The van der Waals surface area contributed by atoms with Crippen molar-refractivity contribution in [2.24, 2.45) is 5.92 Å². The number of hydrogen-bond donors (Lipinski definition) is 0. The zero-order chi connectivity index (χ0) is 14.4. The molecule has 4 rings (SSSR count). The molecule has 0 radical (unpaired) electrons. The van der Waals surface area contributed by atoms with Crippen LogP contribution in [-0.2, 0) is 4.79 Å². The van der Waals surface area contributed by atoms with E-state index in [0.717, 1.165) is 38.6 Å². The van der Waals surface area contributed by atoms with Gasteiger partial charge in [-0.3, -0.25) is 9.69 Å². The Bertz CT molecular complexity index is 544. The van der Waals surface area contributed by atoms with Crippen LogP contribution < -0.4 is 0 Å². The predicted octanol–water partition coefficient (Wildman–Crippen LogP) is 2.41. The van der Waals surface area contributed by atoms with E-state index in [0.29, 0.717) is 11.8 Å². The lowest BCUT2D eigenvalue weighted by molar-refractivity contribution is -0.134. The molecule has 2 atom stereocenters. The van der Waals surface area contributed by atoms with Crippen LogP contribution in [0.15, 0.2) is 24.3 Å². The lowest BCUT2D eigenvalue weighted by Gasteiger charge is -2.35. The Kier molecular flexibility index (Phi) is 3.26. The Balaban J connectivity index is 1.35. The average Bonchev–Trinajstić information content (AvgIpc) is 3.39. The molecule has 3 aliphatic rings. The maximum Gasteiger partial charge on any atom is 0.226 e. The van der Waals surface area contributed by atoms with Crippen molar-refractivity contribution in [2.45, 2.75) is 38.1 Å². The average molecular weight is 284 g/mol. The van der Waals surface area contributed by atoms with Gasteiger partial charge < -0.3 is 4.90 Å². The molecule has 112 valence electrons. The van der Waals surface area contributed by atoms with Crippen LogP contribution in [0.5, 0.6) is 0 Å². The molecule has 3 nitrogen and oxygen atoms in total. The molecule has 3 fully saturated rings. The van der Waals surface area contributed by atoms with Gasteiger partial charge in [-0.15, -0.1) is 0 Å². The van der Waals surface area contributed by atoms with Crippen LogP contribution in [0, 0.1) is 12.8 Å². The zero-order valence-electron chi connectivity index (χ0n) is 12.8. The van der Waals surface area contributed by atoms with Gasteiger partial charge in [0.2, 0.25) is 5.91 Å². The summed E-state index contributed by atoms with van der Waals surface area (Å²) in [7, 11) is 0. The molecule has 21 heavy (non-hydrogen) atoms. The van der Waals surface area contributed by atoms with E-state index >= 15 is 0 Å². The standard InChI is InChI=1S/C18H24N2O/c1-13-4-2-3-5-15(13)16-12-17(16)18(21)20-10-8-19(9-11-20)14-6-7-14/h2-5,14,16-17H,6-12H2,1H3. The summed E-state index contributed by atoms with van der Waals surface area (Å²) < 4.78 is 0. The molecule has 1 aliphatic heterocycles. The van der Waals surface area contributed by atoms with Crippen molar-refractivity contribution in [3.8, 4) is 0 Å². The van der Waals surface area contributed by atoms with Crippen molar-refractivity contribution < 1.29 is 4.79 Å². The van der Waals surface area contributed by atoms with Gasteiger partial charge in [0.1, 0.15) is 0 Å². The van der Waals surface area contributed by atoms with Gasteiger partial charge in [-0.2, -0.15) is 0 Å². The number of rotatable bonds is 3. The third-order valence-electron chi connectivity index (χ3n) is 5.38. The van der Waals surface area contributed by atoms with Crippen LogP contribution in [0.3, 0.4) is 0 Å². The SMILES string of the molecule is Cc1ccccc1C1CC1C(=O)N1CCN(C2CC2)CC1. The Morgan fingerprint density at radius 3 is 2.48 bits per heavy atom. The zero-order valence-corrected chi connectivity index (χ0v) is 12.8. The van der Waals surface area contributed by atoms with Crippen molar-refractivity contribution >= 4 is 5.91 Å². The van der Waals surface area contributed by atoms with E-state index in [2.05, 4.69) is 41.0 Å². The van der Waals surface area contributed by atoms with E-state index in [-0.39, 0.29) is 5.92 Å². The van der Waals surface area contributed by atoms with Gasteiger partial charge in [0.15, 0.2) is 0 Å². The number of carbonyl (C=O) groups is 1. The van der Waals surface area contributed by atoms with Gasteiger partial charge in [-0.05, 0) is 43.2 Å². The quantitative estimate of drug-likeness (QED) is 0.851. The predicted molar refractivity (Wildman–Crippen MR) is 83.2 cm³/mol. The molecule has 1 saturated heterocycles. The second-order valence-corrected chi connectivity index (χ2v) is 6.90. The summed E-state index contributed by atoms with van der Waals surface area (Å²) in [6.45, 7) is 6.19. The first-order valence-corrected chi connectivity index (χ1v) is 8.32. The Labute approximate surface area is 126 Å². The number of piperazine rings is 1. The first kappa shape index (κ1) is 13.3. The van der Waals surface area contributed by atoms with E-state index in [1.807, 2.05) is 0 Å². The summed E-state index contributed by atoms with van der Waals surface area (Å²) in [6.07, 6.45) is 3.78. The number of nitrogens with zero attached hydrogens (tertiary/aromatic N) is 2. The molecule has 1 aromatic carbocycles. The van der Waals surface area contributed by atoms with Crippen LogP contribution >= 0.6 is 0 Å². The third kappa shape index (κ3) is 2.59. The largest absolute Gasteiger partial charge is 0.340 e. The van der Waals surface area contributed by atoms with Crippen LogP contribution in [-0.4, -0.2) is 47.9 Å². The molecule has 3 heteroatoms. The highest BCUT2D eigenvalue weighted by molar-refractivity contribution is 5.83. The van der Waals surface area contributed by atoms with E-state index in [9.17, 15) is 4.79 Å². The summed E-state index contributed by atoms with van der Waals surface area (Å²) in [5.74, 6) is 1.12. The number of benzene rings is 1. The fourth-order valence-electron chi connectivity index (χ4n) is 3.80. The summed E-state index contributed by atoms with van der Waals surface area (Å²) >= 11 is 0. The first-order chi connectivity index (χ1) is 10.2.